The van der Waals surface area contributed by atoms with Crippen LogP contribution in [0, 0.1) is 3.57 Å². The minimum absolute atomic E-state index is 0.392. The lowest BCUT2D eigenvalue weighted by Gasteiger charge is -1.98. The SMILES string of the molecule is O=S1(=O)c2cc(Br)ccc2-c2ccc(I)cc21. The Morgan fingerprint density at radius 2 is 1.53 bits per heavy atom. The minimum atomic E-state index is -3.34. The molecule has 1 aliphatic rings. The van der Waals surface area contributed by atoms with E-state index in [9.17, 15) is 8.42 Å². The van der Waals surface area contributed by atoms with Crippen molar-refractivity contribution < 1.29 is 8.42 Å². The Kier molecular flexibility index (Phi) is 2.61. The van der Waals surface area contributed by atoms with Gasteiger partial charge in [-0.1, -0.05) is 28.1 Å². The molecule has 0 aliphatic carbocycles. The molecule has 17 heavy (non-hydrogen) atoms. The number of benzene rings is 2. The fourth-order valence-corrected chi connectivity index (χ4v) is 4.95. The molecule has 2 nitrogen and oxygen atoms in total. The summed E-state index contributed by atoms with van der Waals surface area (Å²) in [4.78, 5) is 0.807. The highest BCUT2D eigenvalue weighted by molar-refractivity contribution is 14.1. The third-order valence-corrected chi connectivity index (χ3v) is 5.75. The molecule has 0 spiro atoms. The lowest BCUT2D eigenvalue weighted by molar-refractivity contribution is 0.598. The van der Waals surface area contributed by atoms with Crippen LogP contribution >= 0.6 is 38.5 Å². The van der Waals surface area contributed by atoms with Crippen LogP contribution in [0.25, 0.3) is 11.1 Å². The first-order chi connectivity index (χ1) is 8.00. The van der Waals surface area contributed by atoms with Crippen molar-refractivity contribution in [3.8, 4) is 11.1 Å². The molecule has 0 saturated carbocycles. The Morgan fingerprint density at radius 3 is 2.24 bits per heavy atom. The van der Waals surface area contributed by atoms with Gasteiger partial charge in [-0.05, 0) is 46.9 Å². The third-order valence-electron chi connectivity index (χ3n) is 2.76. The number of rotatable bonds is 0. The molecule has 86 valence electrons. The van der Waals surface area contributed by atoms with E-state index in [0.29, 0.717) is 9.79 Å². The third kappa shape index (κ3) is 1.67. The van der Waals surface area contributed by atoms with E-state index in [-0.39, 0.29) is 0 Å². The fourth-order valence-electron chi connectivity index (χ4n) is 2.00. The molecule has 0 amide bonds. The van der Waals surface area contributed by atoms with E-state index in [2.05, 4.69) is 38.5 Å². The van der Waals surface area contributed by atoms with Crippen molar-refractivity contribution in [1.82, 2.24) is 0 Å². The van der Waals surface area contributed by atoms with Gasteiger partial charge in [0, 0.05) is 19.2 Å². The molecule has 0 radical (unpaired) electrons. The first kappa shape index (κ1) is 11.7. The van der Waals surface area contributed by atoms with Gasteiger partial charge in [0.2, 0.25) is 9.84 Å². The lowest BCUT2D eigenvalue weighted by atomic mass is 10.1. The monoisotopic (exact) mass is 420 g/mol. The second kappa shape index (κ2) is 3.80. The highest BCUT2D eigenvalue weighted by Crippen LogP contribution is 2.44. The highest BCUT2D eigenvalue weighted by Gasteiger charge is 2.32. The molecule has 0 N–H and O–H groups in total. The van der Waals surface area contributed by atoms with Crippen molar-refractivity contribution >= 4 is 48.4 Å². The fraction of sp³-hybridized carbons (Fsp3) is 0. The van der Waals surface area contributed by atoms with Crippen molar-refractivity contribution in [2.24, 2.45) is 0 Å². The molecule has 1 heterocycles. The summed E-state index contributed by atoms with van der Waals surface area (Å²) in [5.74, 6) is 0. The summed E-state index contributed by atoms with van der Waals surface area (Å²) in [7, 11) is -3.34. The summed E-state index contributed by atoms with van der Waals surface area (Å²) in [6.07, 6.45) is 0. The molecule has 0 unspecified atom stereocenters. The average molecular weight is 421 g/mol. The number of hydrogen-bond donors (Lipinski definition) is 0. The standard InChI is InChI=1S/C12H6BrIO2S/c13-7-1-3-9-10-4-2-8(14)6-12(10)17(15,16)11(9)5-7/h1-6H. The van der Waals surface area contributed by atoms with E-state index < -0.39 is 9.84 Å². The molecule has 0 atom stereocenters. The summed E-state index contributed by atoms with van der Waals surface area (Å²) in [6, 6.07) is 10.9. The van der Waals surface area contributed by atoms with Gasteiger partial charge in [0.15, 0.2) is 0 Å². The van der Waals surface area contributed by atoms with Gasteiger partial charge in [0.25, 0.3) is 0 Å². The van der Waals surface area contributed by atoms with E-state index in [4.69, 9.17) is 0 Å². The molecule has 3 rings (SSSR count). The van der Waals surface area contributed by atoms with Crippen LogP contribution in [0.4, 0.5) is 0 Å². The Balaban J connectivity index is 2.46. The van der Waals surface area contributed by atoms with Crippen LogP contribution in [-0.4, -0.2) is 8.42 Å². The minimum Gasteiger partial charge on any atom is -0.218 e. The van der Waals surface area contributed by atoms with Crippen LogP contribution in [0.2, 0.25) is 0 Å². The molecule has 2 aromatic rings. The van der Waals surface area contributed by atoms with Crippen LogP contribution in [0.5, 0.6) is 0 Å². The topological polar surface area (TPSA) is 34.1 Å². The van der Waals surface area contributed by atoms with Gasteiger partial charge < -0.3 is 0 Å². The zero-order valence-electron chi connectivity index (χ0n) is 8.44. The molecule has 0 saturated heterocycles. The molecule has 5 heteroatoms. The predicted octanol–water partition coefficient (Wildman–Crippen LogP) is 3.87. The molecular formula is C12H6BrIO2S. The number of fused-ring (bicyclic) bond motifs is 3. The van der Waals surface area contributed by atoms with E-state index in [0.717, 1.165) is 19.2 Å². The zero-order chi connectivity index (χ0) is 12.2. The predicted molar refractivity (Wildman–Crippen MR) is 77.7 cm³/mol. The summed E-state index contributed by atoms with van der Waals surface area (Å²) >= 11 is 5.43. The molecule has 2 aromatic carbocycles. The van der Waals surface area contributed by atoms with Gasteiger partial charge in [-0.2, -0.15) is 0 Å². The van der Waals surface area contributed by atoms with Gasteiger partial charge in [0.05, 0.1) is 9.79 Å². The molecule has 0 bridgehead atoms. The van der Waals surface area contributed by atoms with E-state index in [1.807, 2.05) is 24.3 Å². The van der Waals surface area contributed by atoms with Crippen molar-refractivity contribution in [2.45, 2.75) is 9.79 Å². The number of hydrogen-bond acceptors (Lipinski definition) is 2. The summed E-state index contributed by atoms with van der Waals surface area (Å²) < 4.78 is 26.4. The molecule has 0 fully saturated rings. The average Bonchev–Trinajstić information content (AvgIpc) is 2.49. The van der Waals surface area contributed by atoms with Gasteiger partial charge in [0.1, 0.15) is 0 Å². The normalized spacial score (nSPS) is 15.4. The first-order valence-corrected chi connectivity index (χ1v) is 8.20. The maximum Gasteiger partial charge on any atom is 0.207 e. The second-order valence-electron chi connectivity index (χ2n) is 3.78. The van der Waals surface area contributed by atoms with Crippen LogP contribution in [0.3, 0.4) is 0 Å². The van der Waals surface area contributed by atoms with Gasteiger partial charge in [-0.25, -0.2) is 8.42 Å². The Morgan fingerprint density at radius 1 is 0.941 bits per heavy atom. The van der Waals surface area contributed by atoms with E-state index >= 15 is 0 Å². The smallest absolute Gasteiger partial charge is 0.207 e. The number of sulfone groups is 1. The summed E-state index contributed by atoms with van der Waals surface area (Å²) in [5.41, 5.74) is 1.59. The maximum atomic E-state index is 12.4. The van der Waals surface area contributed by atoms with Crippen molar-refractivity contribution in [3.05, 3.63) is 44.4 Å². The van der Waals surface area contributed by atoms with Crippen LogP contribution in [-0.2, 0) is 9.84 Å². The first-order valence-electron chi connectivity index (χ1n) is 4.85. The summed E-state index contributed by atoms with van der Waals surface area (Å²) in [6.45, 7) is 0. The Bertz CT molecular complexity index is 681. The van der Waals surface area contributed by atoms with Gasteiger partial charge in [-0.15, -0.1) is 0 Å². The van der Waals surface area contributed by atoms with Crippen LogP contribution in [0.1, 0.15) is 0 Å². The van der Waals surface area contributed by atoms with Crippen molar-refractivity contribution in [1.29, 1.82) is 0 Å². The van der Waals surface area contributed by atoms with Crippen LogP contribution in [0.15, 0.2) is 50.7 Å². The van der Waals surface area contributed by atoms with Crippen molar-refractivity contribution in [2.75, 3.05) is 0 Å². The maximum absolute atomic E-state index is 12.4. The van der Waals surface area contributed by atoms with Gasteiger partial charge >= 0.3 is 0 Å². The van der Waals surface area contributed by atoms with E-state index in [1.165, 1.54) is 0 Å². The molecule has 1 aliphatic heterocycles. The Labute approximate surface area is 121 Å². The molecular weight excluding hydrogens is 415 g/mol. The van der Waals surface area contributed by atoms with E-state index in [1.54, 1.807) is 12.1 Å². The summed E-state index contributed by atoms with van der Waals surface area (Å²) in [5, 5.41) is 0. The Hall–Kier alpha value is -0.400. The quantitative estimate of drug-likeness (QED) is 0.517. The molecule has 0 aromatic heterocycles. The highest BCUT2D eigenvalue weighted by atomic mass is 127. The van der Waals surface area contributed by atoms with Gasteiger partial charge in [-0.3, -0.25) is 0 Å². The number of halogens is 2. The van der Waals surface area contributed by atoms with Crippen LogP contribution < -0.4 is 0 Å². The zero-order valence-corrected chi connectivity index (χ0v) is 13.0. The van der Waals surface area contributed by atoms with Crippen molar-refractivity contribution in [3.63, 3.8) is 0 Å². The largest absolute Gasteiger partial charge is 0.218 e. The lowest BCUT2D eigenvalue weighted by Crippen LogP contribution is -1.96. The second-order valence-corrected chi connectivity index (χ2v) is 7.83.